The molecule has 0 aliphatic heterocycles. The number of H-pyrrole nitrogens is 1. The van der Waals surface area contributed by atoms with Crippen molar-refractivity contribution in [2.75, 3.05) is 0 Å². The van der Waals surface area contributed by atoms with Gasteiger partial charge in [0, 0.05) is 35.8 Å². The summed E-state index contributed by atoms with van der Waals surface area (Å²) < 4.78 is 10.5. The van der Waals surface area contributed by atoms with Crippen LogP contribution in [-0.4, -0.2) is 26.5 Å². The van der Waals surface area contributed by atoms with E-state index in [1.807, 2.05) is 6.07 Å². The van der Waals surface area contributed by atoms with Crippen molar-refractivity contribution in [3.8, 4) is 22.8 Å². The van der Waals surface area contributed by atoms with E-state index in [1.165, 1.54) is 12.3 Å². The topological polar surface area (TPSA) is 90.0 Å². The van der Waals surface area contributed by atoms with Gasteiger partial charge in [-0.05, 0) is 11.6 Å². The van der Waals surface area contributed by atoms with E-state index in [1.54, 1.807) is 24.8 Å². The van der Waals surface area contributed by atoms with Crippen LogP contribution in [0.25, 0.3) is 11.1 Å². The molecule has 0 amide bonds. The van der Waals surface area contributed by atoms with E-state index in [4.69, 9.17) is 8.57 Å². The van der Waals surface area contributed by atoms with Crippen LogP contribution >= 0.6 is 16.3 Å². The Kier molecular flexibility index (Phi) is 4.62. The number of pyridine rings is 2. The number of aromatic nitrogens is 4. The lowest BCUT2D eigenvalue weighted by atomic mass is 10.1. The van der Waals surface area contributed by atoms with Gasteiger partial charge in [-0.3, -0.25) is 14.9 Å². The molecule has 3 aromatic heterocycles. The maximum Gasteiger partial charge on any atom is 0.228 e. The molecule has 116 valence electrons. The lowest BCUT2D eigenvalue weighted by Gasteiger charge is -2.11. The molecule has 0 bridgehead atoms. The number of carbonyl (C=O) groups is 1. The van der Waals surface area contributed by atoms with E-state index in [-0.39, 0.29) is 12.5 Å². The second-order valence-electron chi connectivity index (χ2n) is 4.56. The van der Waals surface area contributed by atoms with Gasteiger partial charge < -0.3 is 8.57 Å². The Morgan fingerprint density at radius 3 is 2.96 bits per heavy atom. The minimum absolute atomic E-state index is 0.241. The quantitative estimate of drug-likeness (QED) is 0.667. The van der Waals surface area contributed by atoms with Gasteiger partial charge in [0.25, 0.3) is 0 Å². The fourth-order valence-corrected chi connectivity index (χ4v) is 2.25. The zero-order chi connectivity index (χ0) is 16.1. The molecule has 3 heterocycles. The first-order valence-corrected chi connectivity index (χ1v) is 7.25. The fraction of sp³-hybridized carbons (Fsp3) is 0.0667. The number of nitrogens with zero attached hydrogens (tertiary/aromatic N) is 3. The van der Waals surface area contributed by atoms with Gasteiger partial charge in [-0.25, -0.2) is 4.98 Å². The molecule has 23 heavy (non-hydrogen) atoms. The minimum Gasteiger partial charge on any atom is -0.486 e. The summed E-state index contributed by atoms with van der Waals surface area (Å²) in [6.45, 7) is 0.241. The number of hydrogen-bond acceptors (Lipinski definition) is 6. The summed E-state index contributed by atoms with van der Waals surface area (Å²) in [6.07, 6.45) is 9.05. The summed E-state index contributed by atoms with van der Waals surface area (Å²) in [6, 6.07) is 3.36. The Labute approximate surface area is 140 Å². The second-order valence-corrected chi connectivity index (χ2v) is 4.89. The third kappa shape index (κ3) is 3.37. The minimum atomic E-state index is 0.241. The second kappa shape index (κ2) is 7.01. The third-order valence-electron chi connectivity index (χ3n) is 3.17. The highest BCUT2D eigenvalue weighted by atomic mass is 79.9. The number of aldehydes is 1. The Morgan fingerprint density at radius 1 is 1.30 bits per heavy atom. The first kappa shape index (κ1) is 15.2. The van der Waals surface area contributed by atoms with Crippen LogP contribution in [0.4, 0.5) is 0 Å². The van der Waals surface area contributed by atoms with Crippen LogP contribution in [0.1, 0.15) is 15.9 Å². The van der Waals surface area contributed by atoms with E-state index < -0.39 is 0 Å². The van der Waals surface area contributed by atoms with Crippen molar-refractivity contribution in [3.05, 3.63) is 54.2 Å². The predicted octanol–water partition coefficient (Wildman–Crippen LogP) is 2.95. The first-order chi connectivity index (χ1) is 11.3. The zero-order valence-corrected chi connectivity index (χ0v) is 13.4. The largest absolute Gasteiger partial charge is 0.486 e. The van der Waals surface area contributed by atoms with Crippen molar-refractivity contribution >= 4 is 22.5 Å². The summed E-state index contributed by atoms with van der Waals surface area (Å²) in [5.74, 6) is 0.648. The molecule has 3 rings (SSSR count). The number of aromatic amines is 1. The molecular weight excluding hydrogens is 364 g/mol. The summed E-state index contributed by atoms with van der Waals surface area (Å²) >= 11 is 2.82. The van der Waals surface area contributed by atoms with Gasteiger partial charge in [-0.1, -0.05) is 0 Å². The van der Waals surface area contributed by atoms with Gasteiger partial charge >= 0.3 is 0 Å². The monoisotopic (exact) mass is 374 g/mol. The van der Waals surface area contributed by atoms with E-state index in [9.17, 15) is 4.79 Å². The Bertz CT molecular complexity index is 808. The maximum absolute atomic E-state index is 11.2. The fourth-order valence-electron chi connectivity index (χ4n) is 2.07. The van der Waals surface area contributed by atoms with E-state index in [0.717, 1.165) is 16.7 Å². The van der Waals surface area contributed by atoms with Crippen LogP contribution in [-0.2, 0) is 6.61 Å². The van der Waals surface area contributed by atoms with Crippen molar-refractivity contribution in [1.82, 2.24) is 20.2 Å². The number of carbonyl (C=O) groups excluding carboxylic acids is 1. The number of nitrogens with one attached hydrogen (secondary N) is 1. The van der Waals surface area contributed by atoms with Crippen LogP contribution in [0.15, 0.2) is 43.1 Å². The van der Waals surface area contributed by atoms with E-state index >= 15 is 0 Å². The van der Waals surface area contributed by atoms with E-state index in [0.29, 0.717) is 17.6 Å². The number of rotatable bonds is 6. The standard InChI is InChI=1S/C15H11BrN4O3/c16-23-15-3-10(8-21)14(7-18-15)22-9-12-4-17-2-1-13(12)11-5-19-20-6-11/h1-8H,9H2,(H,19,20). The summed E-state index contributed by atoms with van der Waals surface area (Å²) in [4.78, 5) is 19.3. The lowest BCUT2D eigenvalue weighted by Crippen LogP contribution is -2.01. The molecule has 0 aromatic carbocycles. The molecule has 0 unspecified atom stereocenters. The van der Waals surface area contributed by atoms with Gasteiger partial charge in [-0.15, -0.1) is 0 Å². The molecule has 1 N–H and O–H groups in total. The molecule has 8 heteroatoms. The molecule has 0 aliphatic rings. The zero-order valence-electron chi connectivity index (χ0n) is 11.8. The average molecular weight is 375 g/mol. The molecule has 3 aromatic rings. The maximum atomic E-state index is 11.2. The smallest absolute Gasteiger partial charge is 0.228 e. The molecule has 0 saturated carbocycles. The highest BCUT2D eigenvalue weighted by Crippen LogP contribution is 2.25. The van der Waals surface area contributed by atoms with Crippen molar-refractivity contribution < 1.29 is 13.4 Å². The number of ether oxygens (including phenoxy) is 1. The molecular formula is C15H11BrN4O3. The van der Waals surface area contributed by atoms with Crippen LogP contribution < -0.4 is 8.57 Å². The van der Waals surface area contributed by atoms with Crippen molar-refractivity contribution in [3.63, 3.8) is 0 Å². The predicted molar refractivity (Wildman–Crippen MR) is 85.3 cm³/mol. The van der Waals surface area contributed by atoms with Crippen LogP contribution in [0.3, 0.4) is 0 Å². The third-order valence-corrected chi connectivity index (χ3v) is 3.51. The van der Waals surface area contributed by atoms with E-state index in [2.05, 4.69) is 36.4 Å². The summed E-state index contributed by atoms with van der Waals surface area (Å²) in [7, 11) is 0. The van der Waals surface area contributed by atoms with Crippen molar-refractivity contribution in [1.29, 1.82) is 0 Å². The number of halogens is 1. The van der Waals surface area contributed by atoms with Gasteiger partial charge in [-0.2, -0.15) is 5.10 Å². The lowest BCUT2D eigenvalue weighted by molar-refractivity contribution is 0.111. The molecule has 0 atom stereocenters. The molecule has 7 nitrogen and oxygen atoms in total. The number of hydrogen-bond donors (Lipinski definition) is 1. The van der Waals surface area contributed by atoms with Crippen LogP contribution in [0.2, 0.25) is 0 Å². The van der Waals surface area contributed by atoms with Crippen LogP contribution in [0.5, 0.6) is 11.6 Å². The summed E-state index contributed by atoms with van der Waals surface area (Å²) in [5.41, 5.74) is 3.10. The summed E-state index contributed by atoms with van der Waals surface area (Å²) in [5, 5.41) is 6.72. The normalized spacial score (nSPS) is 10.3. The SMILES string of the molecule is O=Cc1cc(OBr)ncc1OCc1cnccc1-c1cn[nH]c1. The van der Waals surface area contributed by atoms with Crippen LogP contribution in [0, 0.1) is 0 Å². The van der Waals surface area contributed by atoms with Gasteiger partial charge in [0.1, 0.15) is 12.4 Å². The molecule has 0 fully saturated rings. The molecule has 0 spiro atoms. The van der Waals surface area contributed by atoms with Gasteiger partial charge in [0.2, 0.25) is 5.88 Å². The Balaban J connectivity index is 1.83. The van der Waals surface area contributed by atoms with Crippen molar-refractivity contribution in [2.45, 2.75) is 6.61 Å². The highest BCUT2D eigenvalue weighted by Gasteiger charge is 2.10. The molecule has 0 saturated heterocycles. The first-order valence-electron chi connectivity index (χ1n) is 6.60. The van der Waals surface area contributed by atoms with Crippen molar-refractivity contribution in [2.24, 2.45) is 0 Å². The van der Waals surface area contributed by atoms with Gasteiger partial charge in [0.15, 0.2) is 22.5 Å². The van der Waals surface area contributed by atoms with Gasteiger partial charge in [0.05, 0.1) is 18.0 Å². The molecule has 0 aliphatic carbocycles. The Morgan fingerprint density at radius 2 is 2.22 bits per heavy atom. The molecule has 0 radical (unpaired) electrons. The Hall–Kier alpha value is -2.74. The average Bonchev–Trinajstić information content (AvgIpc) is 3.14. The highest BCUT2D eigenvalue weighted by molar-refractivity contribution is 9.06.